The summed E-state index contributed by atoms with van der Waals surface area (Å²) in [4.78, 5) is 14.5. The second-order valence-electron chi connectivity index (χ2n) is 7.54. The van der Waals surface area contributed by atoms with Gasteiger partial charge in [-0.25, -0.2) is 0 Å². The van der Waals surface area contributed by atoms with E-state index in [1.807, 2.05) is 0 Å². The molecule has 3 rings (SSSR count). The quantitative estimate of drug-likeness (QED) is 0.638. The van der Waals surface area contributed by atoms with Gasteiger partial charge in [0, 0.05) is 12.1 Å². The number of esters is 1. The summed E-state index contributed by atoms with van der Waals surface area (Å²) in [6, 6.07) is 22.2. The van der Waals surface area contributed by atoms with Crippen LogP contribution in [-0.2, 0) is 22.4 Å². The van der Waals surface area contributed by atoms with Crippen LogP contribution in [0.15, 0.2) is 60.7 Å². The zero-order chi connectivity index (χ0) is 18.9. The maximum absolute atomic E-state index is 12.1. The molecule has 0 saturated carbocycles. The van der Waals surface area contributed by atoms with Crippen LogP contribution in [0.4, 0.5) is 0 Å². The molecule has 2 atom stereocenters. The molecule has 1 heterocycles. The number of aryl methyl sites for hydroxylation is 2. The third kappa shape index (κ3) is 5.93. The number of likely N-dealkylation sites (tertiary alicyclic amines) is 1. The molecule has 0 N–H and O–H groups in total. The number of hydrogen-bond donors (Lipinski definition) is 0. The Morgan fingerprint density at radius 1 is 0.889 bits per heavy atom. The molecule has 0 unspecified atom stereocenters. The van der Waals surface area contributed by atoms with Gasteiger partial charge >= 0.3 is 5.97 Å². The minimum atomic E-state index is -0.119. The fraction of sp³-hybridized carbons (Fsp3) is 0.458. The lowest BCUT2D eigenvalue weighted by molar-refractivity contribution is -0.144. The summed E-state index contributed by atoms with van der Waals surface area (Å²) in [5, 5.41) is 0. The van der Waals surface area contributed by atoms with Gasteiger partial charge in [-0.2, -0.15) is 0 Å². The van der Waals surface area contributed by atoms with Crippen LogP contribution in [0.3, 0.4) is 0 Å². The smallest absolute Gasteiger partial charge is 0.319 e. The second-order valence-corrected chi connectivity index (χ2v) is 7.54. The lowest BCUT2D eigenvalue weighted by atomic mass is 9.88. The first-order chi connectivity index (χ1) is 13.3. The lowest BCUT2D eigenvalue weighted by Crippen LogP contribution is -2.49. The van der Waals surface area contributed by atoms with Crippen LogP contribution in [-0.4, -0.2) is 36.6 Å². The summed E-state index contributed by atoms with van der Waals surface area (Å²) in [7, 11) is 1.49. The summed E-state index contributed by atoms with van der Waals surface area (Å²) in [5.41, 5.74) is 2.75. The Hall–Kier alpha value is -2.13. The van der Waals surface area contributed by atoms with E-state index in [-0.39, 0.29) is 5.97 Å². The van der Waals surface area contributed by atoms with Gasteiger partial charge < -0.3 is 4.74 Å². The second kappa shape index (κ2) is 10.3. The molecular formula is C24H31NO2. The van der Waals surface area contributed by atoms with Gasteiger partial charge in [0.1, 0.15) is 0 Å². The van der Waals surface area contributed by atoms with E-state index < -0.39 is 0 Å². The molecule has 144 valence electrons. The molecule has 1 fully saturated rings. The monoisotopic (exact) mass is 365 g/mol. The first-order valence-electron chi connectivity index (χ1n) is 10.2. The lowest BCUT2D eigenvalue weighted by Gasteiger charge is -2.42. The van der Waals surface area contributed by atoms with Crippen molar-refractivity contribution >= 4 is 5.97 Å². The Balaban J connectivity index is 1.64. The molecule has 1 saturated heterocycles. The Bertz CT molecular complexity index is 635. The maximum atomic E-state index is 12.1. The molecule has 2 aromatic rings. The molecule has 3 heteroatoms. The van der Waals surface area contributed by atoms with E-state index in [0.29, 0.717) is 18.6 Å². The van der Waals surface area contributed by atoms with Crippen molar-refractivity contribution in [3.8, 4) is 0 Å². The van der Waals surface area contributed by atoms with Crippen molar-refractivity contribution in [2.75, 3.05) is 13.7 Å². The van der Waals surface area contributed by atoms with Gasteiger partial charge in [-0.15, -0.1) is 0 Å². The highest BCUT2D eigenvalue weighted by molar-refractivity contribution is 5.71. The van der Waals surface area contributed by atoms with Gasteiger partial charge in [0.2, 0.25) is 0 Å². The first kappa shape index (κ1) is 19.6. The minimum Gasteiger partial charge on any atom is -0.468 e. The highest BCUT2D eigenvalue weighted by Gasteiger charge is 2.31. The summed E-state index contributed by atoms with van der Waals surface area (Å²) in [6.07, 6.45) is 7.92. The summed E-state index contributed by atoms with van der Waals surface area (Å²) >= 11 is 0. The molecule has 0 spiro atoms. The van der Waals surface area contributed by atoms with Gasteiger partial charge in [0.15, 0.2) is 0 Å². The average molecular weight is 366 g/mol. The molecule has 3 nitrogen and oxygen atoms in total. The summed E-state index contributed by atoms with van der Waals surface area (Å²) in [5.74, 6) is -0.119. The molecule has 0 aliphatic carbocycles. The molecule has 0 radical (unpaired) electrons. The first-order valence-corrected chi connectivity index (χ1v) is 10.2. The molecule has 27 heavy (non-hydrogen) atoms. The molecule has 0 bridgehead atoms. The minimum absolute atomic E-state index is 0.119. The van der Waals surface area contributed by atoms with Crippen LogP contribution >= 0.6 is 0 Å². The fourth-order valence-corrected chi connectivity index (χ4v) is 4.27. The number of methoxy groups -OCH3 is 1. The van der Waals surface area contributed by atoms with Crippen LogP contribution in [0.25, 0.3) is 0 Å². The van der Waals surface area contributed by atoms with E-state index >= 15 is 0 Å². The fourth-order valence-electron chi connectivity index (χ4n) is 4.27. The van der Waals surface area contributed by atoms with E-state index in [0.717, 1.165) is 25.7 Å². The zero-order valence-corrected chi connectivity index (χ0v) is 16.3. The van der Waals surface area contributed by atoms with Crippen molar-refractivity contribution < 1.29 is 9.53 Å². The van der Waals surface area contributed by atoms with E-state index in [1.165, 1.54) is 37.5 Å². The number of ether oxygens (including phenoxy) is 1. The topological polar surface area (TPSA) is 29.5 Å². The van der Waals surface area contributed by atoms with Gasteiger partial charge in [0.05, 0.1) is 13.7 Å². The van der Waals surface area contributed by atoms with Crippen LogP contribution < -0.4 is 0 Å². The van der Waals surface area contributed by atoms with Crippen LogP contribution in [0.5, 0.6) is 0 Å². The molecule has 0 amide bonds. The molecule has 1 aliphatic rings. The number of carbonyl (C=O) groups is 1. The zero-order valence-electron chi connectivity index (χ0n) is 16.3. The molecule has 1 aliphatic heterocycles. The Morgan fingerprint density at radius 2 is 1.37 bits per heavy atom. The van der Waals surface area contributed by atoms with Crippen molar-refractivity contribution in [3.05, 3.63) is 71.8 Å². The molecule has 2 aromatic carbocycles. The van der Waals surface area contributed by atoms with Crippen LogP contribution in [0.1, 0.15) is 43.2 Å². The van der Waals surface area contributed by atoms with E-state index in [2.05, 4.69) is 65.6 Å². The van der Waals surface area contributed by atoms with Gasteiger partial charge in [0.25, 0.3) is 0 Å². The van der Waals surface area contributed by atoms with E-state index in [1.54, 1.807) is 0 Å². The molecule has 0 aromatic heterocycles. The predicted molar refractivity (Wildman–Crippen MR) is 110 cm³/mol. The van der Waals surface area contributed by atoms with Crippen molar-refractivity contribution in [2.45, 2.75) is 57.0 Å². The number of nitrogens with zero attached hydrogens (tertiary/aromatic N) is 1. The van der Waals surface area contributed by atoms with Crippen molar-refractivity contribution in [2.24, 2.45) is 0 Å². The number of carbonyl (C=O) groups excluding carboxylic acids is 1. The standard InChI is InChI=1S/C24H31NO2/c1-27-24(26)19-25-22(17-15-20-9-4-2-5-10-20)13-8-14-23(25)18-16-21-11-6-3-7-12-21/h2-7,9-12,22-23H,8,13-19H2,1H3/t22-,23+. The predicted octanol–water partition coefficient (Wildman–Crippen LogP) is 4.65. The number of piperidine rings is 1. The van der Waals surface area contributed by atoms with Crippen molar-refractivity contribution in [1.82, 2.24) is 4.90 Å². The molecular weight excluding hydrogens is 334 g/mol. The Labute approximate surface area is 163 Å². The average Bonchev–Trinajstić information content (AvgIpc) is 2.73. The maximum Gasteiger partial charge on any atom is 0.319 e. The summed E-state index contributed by atoms with van der Waals surface area (Å²) < 4.78 is 4.99. The Morgan fingerprint density at radius 3 is 1.81 bits per heavy atom. The van der Waals surface area contributed by atoms with Gasteiger partial charge in [-0.1, -0.05) is 67.1 Å². The number of hydrogen-bond acceptors (Lipinski definition) is 3. The highest BCUT2D eigenvalue weighted by Crippen LogP contribution is 2.28. The SMILES string of the molecule is COC(=O)CN1[C@@H](CCc2ccccc2)CCC[C@H]1CCc1ccccc1. The van der Waals surface area contributed by atoms with E-state index in [4.69, 9.17) is 4.74 Å². The van der Waals surface area contributed by atoms with E-state index in [9.17, 15) is 4.79 Å². The van der Waals surface area contributed by atoms with Crippen LogP contribution in [0, 0.1) is 0 Å². The number of benzene rings is 2. The number of rotatable bonds is 8. The Kier molecular flexibility index (Phi) is 7.46. The summed E-state index contributed by atoms with van der Waals surface area (Å²) in [6.45, 7) is 0.412. The van der Waals surface area contributed by atoms with Crippen molar-refractivity contribution in [1.29, 1.82) is 0 Å². The highest BCUT2D eigenvalue weighted by atomic mass is 16.5. The van der Waals surface area contributed by atoms with Gasteiger partial charge in [-0.3, -0.25) is 9.69 Å². The third-order valence-corrected chi connectivity index (χ3v) is 5.77. The third-order valence-electron chi connectivity index (χ3n) is 5.77. The van der Waals surface area contributed by atoms with Crippen LogP contribution in [0.2, 0.25) is 0 Å². The van der Waals surface area contributed by atoms with Gasteiger partial charge in [-0.05, 0) is 49.7 Å². The van der Waals surface area contributed by atoms with Crippen molar-refractivity contribution in [3.63, 3.8) is 0 Å². The normalized spacial score (nSPS) is 20.3. The largest absolute Gasteiger partial charge is 0.468 e.